The van der Waals surface area contributed by atoms with Crippen molar-refractivity contribution in [3.8, 4) is 22.3 Å². The van der Waals surface area contributed by atoms with Crippen LogP contribution in [0.4, 0.5) is 0 Å². The number of rotatable bonds is 3. The molecule has 0 saturated heterocycles. The Kier molecular flexibility index (Phi) is 5.92. The fraction of sp³-hybridized carbons (Fsp3) is 0.357. The van der Waals surface area contributed by atoms with Crippen LogP contribution in [-0.2, 0) is 0 Å². The molecule has 0 aliphatic heterocycles. The lowest BCUT2D eigenvalue weighted by Crippen LogP contribution is -2.28. The average molecular weight is 400 g/mol. The Hall–Kier alpha value is -2.12. The van der Waals surface area contributed by atoms with E-state index in [-0.39, 0.29) is 0 Å². The van der Waals surface area contributed by atoms with Crippen LogP contribution in [0.25, 0.3) is 22.3 Å². The van der Waals surface area contributed by atoms with Crippen molar-refractivity contribution in [2.75, 3.05) is 0 Å². The molecule has 3 aromatic rings. The van der Waals surface area contributed by atoms with E-state index in [1.807, 2.05) is 0 Å². The molecule has 0 atom stereocenters. The van der Waals surface area contributed by atoms with Crippen molar-refractivity contribution in [2.24, 2.45) is 0 Å². The van der Waals surface area contributed by atoms with Crippen LogP contribution in [0.2, 0.25) is 13.1 Å². The minimum Gasteiger partial charge on any atom is -0.0608 e. The highest BCUT2D eigenvalue weighted by molar-refractivity contribution is 6.73. The molecule has 3 aromatic carbocycles. The molecule has 0 nitrogen and oxygen atoms in total. The SMILES string of the molecule is Cc1cc(C)c(C)c(-c2cccc(-c3c(C)c(C)cc(C)c3C)c2[Si+](C)C)c1C. The number of aryl methyl sites for hydroxylation is 4. The van der Waals surface area contributed by atoms with Gasteiger partial charge in [-0.25, -0.2) is 0 Å². The Morgan fingerprint density at radius 2 is 0.828 bits per heavy atom. The minimum absolute atomic E-state index is 0.682. The van der Waals surface area contributed by atoms with Crippen LogP contribution < -0.4 is 5.19 Å². The van der Waals surface area contributed by atoms with E-state index >= 15 is 0 Å². The topological polar surface area (TPSA) is 0 Å². The molecule has 0 heterocycles. The second-order valence-electron chi connectivity index (χ2n) is 9.00. The molecular weight excluding hydrogens is 364 g/mol. The lowest BCUT2D eigenvalue weighted by atomic mass is 9.85. The van der Waals surface area contributed by atoms with Crippen LogP contribution in [0, 0.1) is 55.4 Å². The zero-order valence-electron chi connectivity index (χ0n) is 19.9. The maximum atomic E-state index is 2.44. The quantitative estimate of drug-likeness (QED) is 0.401. The molecule has 29 heavy (non-hydrogen) atoms. The van der Waals surface area contributed by atoms with Crippen molar-refractivity contribution < 1.29 is 0 Å². The van der Waals surface area contributed by atoms with Crippen molar-refractivity contribution in [1.29, 1.82) is 0 Å². The van der Waals surface area contributed by atoms with Gasteiger partial charge in [-0.15, -0.1) is 0 Å². The molecular formula is C28H35Si+. The van der Waals surface area contributed by atoms with Gasteiger partial charge >= 0.3 is 8.80 Å². The van der Waals surface area contributed by atoms with Crippen molar-refractivity contribution in [3.63, 3.8) is 0 Å². The zero-order valence-corrected chi connectivity index (χ0v) is 20.9. The molecule has 0 saturated carbocycles. The van der Waals surface area contributed by atoms with Crippen LogP contribution in [0.1, 0.15) is 44.5 Å². The number of benzene rings is 3. The van der Waals surface area contributed by atoms with Gasteiger partial charge in [-0.2, -0.15) is 0 Å². The average Bonchev–Trinajstić information content (AvgIpc) is 2.65. The highest BCUT2D eigenvalue weighted by Crippen LogP contribution is 2.36. The van der Waals surface area contributed by atoms with Gasteiger partial charge in [0, 0.05) is 11.1 Å². The second kappa shape index (κ2) is 7.95. The van der Waals surface area contributed by atoms with Crippen LogP contribution >= 0.6 is 0 Å². The molecule has 0 aliphatic rings. The summed E-state index contributed by atoms with van der Waals surface area (Å²) in [6.07, 6.45) is 0. The maximum absolute atomic E-state index is 2.44. The van der Waals surface area contributed by atoms with Gasteiger partial charge in [0.1, 0.15) is 5.19 Å². The van der Waals surface area contributed by atoms with Crippen LogP contribution in [0.3, 0.4) is 0 Å². The Morgan fingerprint density at radius 3 is 1.10 bits per heavy atom. The van der Waals surface area contributed by atoms with E-state index in [4.69, 9.17) is 0 Å². The first kappa shape index (κ1) is 21.6. The predicted octanol–water partition coefficient (Wildman–Crippen LogP) is 7.45. The molecule has 0 amide bonds. The van der Waals surface area contributed by atoms with Gasteiger partial charge in [-0.05, 0) is 111 Å². The molecule has 0 aromatic heterocycles. The Morgan fingerprint density at radius 1 is 0.517 bits per heavy atom. The lowest BCUT2D eigenvalue weighted by Gasteiger charge is -2.21. The standard InChI is InChI=1S/C28H35Si/c1-16-14-17(2)21(6)26(20(16)5)24-12-11-13-25(28(24)29(9)10)27-22(7)18(3)15-19(4)23(27)8/h11-15H,1-10H3/q+1. The highest BCUT2D eigenvalue weighted by Gasteiger charge is 2.29. The van der Waals surface area contributed by atoms with E-state index in [1.165, 1.54) is 66.8 Å². The first-order chi connectivity index (χ1) is 13.6. The molecule has 0 radical (unpaired) electrons. The number of hydrogen-bond donors (Lipinski definition) is 0. The van der Waals surface area contributed by atoms with E-state index < -0.39 is 8.80 Å². The van der Waals surface area contributed by atoms with Crippen molar-refractivity contribution in [3.05, 3.63) is 74.8 Å². The minimum atomic E-state index is -0.682. The van der Waals surface area contributed by atoms with Gasteiger partial charge < -0.3 is 0 Å². The first-order valence-corrected chi connectivity index (χ1v) is 13.1. The number of hydrogen-bond acceptors (Lipinski definition) is 0. The third-order valence-corrected chi connectivity index (χ3v) is 8.37. The van der Waals surface area contributed by atoms with Crippen LogP contribution in [0.5, 0.6) is 0 Å². The van der Waals surface area contributed by atoms with Crippen LogP contribution in [0.15, 0.2) is 30.3 Å². The Bertz CT molecular complexity index is 966. The summed E-state index contributed by atoms with van der Waals surface area (Å²) in [5.74, 6) is 0. The summed E-state index contributed by atoms with van der Waals surface area (Å²) in [5.41, 5.74) is 17.0. The van der Waals surface area contributed by atoms with E-state index in [9.17, 15) is 0 Å². The molecule has 0 spiro atoms. The van der Waals surface area contributed by atoms with Gasteiger partial charge in [0.2, 0.25) is 0 Å². The summed E-state index contributed by atoms with van der Waals surface area (Å²) in [6.45, 7) is 23.0. The summed E-state index contributed by atoms with van der Waals surface area (Å²) in [7, 11) is -0.682. The van der Waals surface area contributed by atoms with E-state index in [1.54, 1.807) is 5.19 Å². The van der Waals surface area contributed by atoms with Crippen molar-refractivity contribution in [2.45, 2.75) is 68.5 Å². The Balaban J connectivity index is 2.47. The molecule has 0 bridgehead atoms. The van der Waals surface area contributed by atoms with Gasteiger partial charge in [0.05, 0.1) is 13.1 Å². The fourth-order valence-electron chi connectivity index (χ4n) is 4.75. The van der Waals surface area contributed by atoms with E-state index in [2.05, 4.69) is 98.8 Å². The van der Waals surface area contributed by atoms with Gasteiger partial charge in [0.25, 0.3) is 0 Å². The molecule has 0 N–H and O–H groups in total. The zero-order chi connectivity index (χ0) is 21.6. The normalized spacial score (nSPS) is 11.1. The van der Waals surface area contributed by atoms with Crippen molar-refractivity contribution >= 4 is 14.0 Å². The third kappa shape index (κ3) is 3.62. The first-order valence-electron chi connectivity index (χ1n) is 10.6. The lowest BCUT2D eigenvalue weighted by molar-refractivity contribution is 1.24. The van der Waals surface area contributed by atoms with Gasteiger partial charge in [0.15, 0.2) is 0 Å². The Labute approximate surface area is 179 Å². The fourth-order valence-corrected chi connectivity index (χ4v) is 6.24. The second-order valence-corrected chi connectivity index (χ2v) is 11.5. The summed E-state index contributed by atoms with van der Waals surface area (Å²) in [6, 6.07) is 11.7. The van der Waals surface area contributed by atoms with Crippen molar-refractivity contribution in [1.82, 2.24) is 0 Å². The molecule has 0 aliphatic carbocycles. The summed E-state index contributed by atoms with van der Waals surface area (Å²) < 4.78 is 0. The molecule has 150 valence electrons. The molecule has 0 unspecified atom stereocenters. The smallest absolute Gasteiger partial charge is 0.0608 e. The van der Waals surface area contributed by atoms with Crippen LogP contribution in [-0.4, -0.2) is 8.80 Å². The monoisotopic (exact) mass is 399 g/mol. The molecule has 0 fully saturated rings. The third-order valence-electron chi connectivity index (χ3n) is 6.84. The largest absolute Gasteiger partial charge is 0.347 e. The summed E-state index contributed by atoms with van der Waals surface area (Å²) in [4.78, 5) is 0. The highest BCUT2D eigenvalue weighted by atomic mass is 28.3. The van der Waals surface area contributed by atoms with E-state index in [0.29, 0.717) is 0 Å². The summed E-state index contributed by atoms with van der Waals surface area (Å²) >= 11 is 0. The maximum Gasteiger partial charge on any atom is 0.347 e. The summed E-state index contributed by atoms with van der Waals surface area (Å²) in [5, 5.41) is 1.57. The predicted molar refractivity (Wildman–Crippen MR) is 132 cm³/mol. The van der Waals surface area contributed by atoms with Gasteiger partial charge in [-0.1, -0.05) is 30.3 Å². The van der Waals surface area contributed by atoms with Gasteiger partial charge in [-0.3, -0.25) is 0 Å². The molecule has 3 rings (SSSR count). The molecule has 1 heteroatoms. The van der Waals surface area contributed by atoms with E-state index in [0.717, 1.165) is 0 Å².